The van der Waals surface area contributed by atoms with Gasteiger partial charge in [0.2, 0.25) is 6.79 Å². The van der Waals surface area contributed by atoms with Crippen molar-refractivity contribution in [2.75, 3.05) is 18.4 Å². The normalized spacial score (nSPS) is 13.5. The van der Waals surface area contributed by atoms with E-state index in [2.05, 4.69) is 10.6 Å². The summed E-state index contributed by atoms with van der Waals surface area (Å²) < 4.78 is 10.7. The molecule has 0 radical (unpaired) electrons. The molecular formula is C17H18N2O3S. The lowest BCUT2D eigenvalue weighted by atomic mass is 10.1. The maximum atomic E-state index is 12.2. The van der Waals surface area contributed by atoms with Crippen LogP contribution in [0.15, 0.2) is 47.4 Å². The van der Waals surface area contributed by atoms with Crippen molar-refractivity contribution in [2.45, 2.75) is 17.9 Å². The van der Waals surface area contributed by atoms with E-state index in [9.17, 15) is 4.79 Å². The fourth-order valence-corrected chi connectivity index (χ4v) is 2.92. The fraction of sp³-hybridized carbons (Fsp3) is 0.235. The average molecular weight is 330 g/mol. The predicted molar refractivity (Wildman–Crippen MR) is 91.4 cm³/mol. The number of carbonyl (C=O) groups excluding carboxylic acids is 1. The van der Waals surface area contributed by atoms with Crippen LogP contribution in [0.2, 0.25) is 0 Å². The number of anilines is 1. The van der Waals surface area contributed by atoms with Crippen LogP contribution in [0.5, 0.6) is 11.5 Å². The largest absolute Gasteiger partial charge is 0.454 e. The minimum absolute atomic E-state index is 0.147. The van der Waals surface area contributed by atoms with E-state index in [0.717, 1.165) is 21.9 Å². The second kappa shape index (κ2) is 6.83. The summed E-state index contributed by atoms with van der Waals surface area (Å²) in [6.07, 6.45) is 1.98. The summed E-state index contributed by atoms with van der Waals surface area (Å²) >= 11 is 1.59. The molecule has 2 amide bonds. The first-order valence-corrected chi connectivity index (χ1v) is 8.50. The number of carbonyl (C=O) groups is 1. The molecule has 0 fully saturated rings. The van der Waals surface area contributed by atoms with Gasteiger partial charge in [0.1, 0.15) is 0 Å². The highest BCUT2D eigenvalue weighted by atomic mass is 32.2. The third kappa shape index (κ3) is 3.53. The van der Waals surface area contributed by atoms with Crippen LogP contribution >= 0.6 is 11.8 Å². The molecule has 0 spiro atoms. The number of para-hydroxylation sites is 1. The van der Waals surface area contributed by atoms with Gasteiger partial charge < -0.3 is 20.1 Å². The van der Waals surface area contributed by atoms with Crippen molar-refractivity contribution in [1.82, 2.24) is 5.32 Å². The summed E-state index contributed by atoms with van der Waals surface area (Å²) in [4.78, 5) is 13.2. The van der Waals surface area contributed by atoms with E-state index >= 15 is 0 Å². The van der Waals surface area contributed by atoms with E-state index in [1.807, 2.05) is 55.6 Å². The number of benzene rings is 2. The molecule has 3 rings (SSSR count). The van der Waals surface area contributed by atoms with Crippen molar-refractivity contribution in [3.8, 4) is 11.5 Å². The lowest BCUT2D eigenvalue weighted by molar-refractivity contribution is 0.174. The second-order valence-corrected chi connectivity index (χ2v) is 5.98. The number of amides is 2. The summed E-state index contributed by atoms with van der Waals surface area (Å²) in [6, 6.07) is 13.0. The van der Waals surface area contributed by atoms with Crippen molar-refractivity contribution >= 4 is 23.5 Å². The number of rotatable bonds is 4. The Bertz CT molecular complexity index is 721. The molecule has 1 heterocycles. The van der Waals surface area contributed by atoms with Gasteiger partial charge in [0, 0.05) is 4.90 Å². The Labute approximate surface area is 139 Å². The zero-order valence-corrected chi connectivity index (χ0v) is 13.8. The fourth-order valence-electron chi connectivity index (χ4n) is 2.37. The highest BCUT2D eigenvalue weighted by Gasteiger charge is 2.17. The molecule has 2 aromatic carbocycles. The van der Waals surface area contributed by atoms with Crippen molar-refractivity contribution in [3.63, 3.8) is 0 Å². The number of ether oxygens (including phenoxy) is 2. The van der Waals surface area contributed by atoms with Crippen molar-refractivity contribution in [3.05, 3.63) is 48.0 Å². The van der Waals surface area contributed by atoms with E-state index in [1.54, 1.807) is 11.8 Å². The molecule has 23 heavy (non-hydrogen) atoms. The van der Waals surface area contributed by atoms with Gasteiger partial charge in [-0.25, -0.2) is 4.79 Å². The minimum atomic E-state index is -0.239. The highest BCUT2D eigenvalue weighted by Crippen LogP contribution is 2.34. The predicted octanol–water partition coefficient (Wildman–Crippen LogP) is 4.02. The molecule has 1 unspecified atom stereocenters. The van der Waals surface area contributed by atoms with Crippen molar-refractivity contribution < 1.29 is 14.3 Å². The number of urea groups is 1. The summed E-state index contributed by atoms with van der Waals surface area (Å²) in [6.45, 7) is 2.17. The molecule has 2 aromatic rings. The molecule has 0 aromatic heterocycles. The zero-order valence-electron chi connectivity index (χ0n) is 13.0. The summed E-state index contributed by atoms with van der Waals surface area (Å²) in [5.74, 6) is 1.45. The Morgan fingerprint density at radius 3 is 2.78 bits per heavy atom. The number of fused-ring (bicyclic) bond motifs is 1. The number of nitrogens with one attached hydrogen (secondary N) is 2. The van der Waals surface area contributed by atoms with Crippen LogP contribution in [0.1, 0.15) is 18.5 Å². The average Bonchev–Trinajstić information content (AvgIpc) is 3.02. The first-order valence-electron chi connectivity index (χ1n) is 7.27. The molecule has 1 aliphatic rings. The molecule has 0 aliphatic carbocycles. The van der Waals surface area contributed by atoms with Crippen molar-refractivity contribution in [2.24, 2.45) is 0 Å². The van der Waals surface area contributed by atoms with Crippen LogP contribution in [0.3, 0.4) is 0 Å². The molecular weight excluding hydrogens is 312 g/mol. The maximum absolute atomic E-state index is 12.2. The van der Waals surface area contributed by atoms with E-state index in [-0.39, 0.29) is 18.9 Å². The van der Waals surface area contributed by atoms with Gasteiger partial charge >= 0.3 is 6.03 Å². The molecule has 1 aliphatic heterocycles. The third-order valence-electron chi connectivity index (χ3n) is 3.60. The van der Waals surface area contributed by atoms with Crippen LogP contribution in [-0.4, -0.2) is 19.1 Å². The van der Waals surface area contributed by atoms with Gasteiger partial charge in [0.25, 0.3) is 0 Å². The SMILES string of the molecule is CSc1ccccc1NC(=O)NC(C)c1ccc2c(c1)OCO2. The third-order valence-corrected chi connectivity index (χ3v) is 4.40. The smallest absolute Gasteiger partial charge is 0.319 e. The molecule has 120 valence electrons. The molecule has 0 bridgehead atoms. The van der Waals surface area contributed by atoms with E-state index in [0.29, 0.717) is 5.75 Å². The molecule has 6 heteroatoms. The topological polar surface area (TPSA) is 59.6 Å². The van der Waals surface area contributed by atoms with Gasteiger partial charge in [0.05, 0.1) is 11.7 Å². The number of hydrogen-bond donors (Lipinski definition) is 2. The Morgan fingerprint density at radius 2 is 1.96 bits per heavy atom. The van der Waals surface area contributed by atoms with Crippen LogP contribution in [-0.2, 0) is 0 Å². The number of thioether (sulfide) groups is 1. The summed E-state index contributed by atoms with van der Waals surface area (Å²) in [7, 11) is 0. The number of hydrogen-bond acceptors (Lipinski definition) is 4. The quantitative estimate of drug-likeness (QED) is 0.831. The van der Waals surface area contributed by atoms with Crippen LogP contribution in [0, 0.1) is 0 Å². The first kappa shape index (κ1) is 15.6. The van der Waals surface area contributed by atoms with E-state index < -0.39 is 0 Å². The Kier molecular flexibility index (Phi) is 4.62. The molecule has 2 N–H and O–H groups in total. The Morgan fingerprint density at radius 1 is 1.17 bits per heavy atom. The first-order chi connectivity index (χ1) is 11.2. The van der Waals surface area contributed by atoms with Gasteiger partial charge in [-0.1, -0.05) is 18.2 Å². The summed E-state index contributed by atoms with van der Waals surface area (Å²) in [5.41, 5.74) is 1.76. The standard InChI is InChI=1S/C17H18N2O3S/c1-11(12-7-8-14-15(9-12)22-10-21-14)18-17(20)19-13-5-3-4-6-16(13)23-2/h3-9,11H,10H2,1-2H3,(H2,18,19,20). The van der Waals surface area contributed by atoms with Gasteiger partial charge in [-0.2, -0.15) is 0 Å². The van der Waals surface area contributed by atoms with Gasteiger partial charge in [-0.3, -0.25) is 0 Å². The Balaban J connectivity index is 1.65. The van der Waals surface area contributed by atoms with Crippen molar-refractivity contribution in [1.29, 1.82) is 0 Å². The molecule has 1 atom stereocenters. The molecule has 0 saturated heterocycles. The van der Waals surface area contributed by atoms with E-state index in [4.69, 9.17) is 9.47 Å². The molecule has 0 saturated carbocycles. The van der Waals surface area contributed by atoms with Crippen LogP contribution < -0.4 is 20.1 Å². The minimum Gasteiger partial charge on any atom is -0.454 e. The summed E-state index contributed by atoms with van der Waals surface area (Å²) in [5, 5.41) is 5.82. The van der Waals surface area contributed by atoms with Crippen LogP contribution in [0.4, 0.5) is 10.5 Å². The lowest BCUT2D eigenvalue weighted by Crippen LogP contribution is -2.31. The van der Waals surface area contributed by atoms with Gasteiger partial charge in [-0.05, 0) is 43.0 Å². The second-order valence-electron chi connectivity index (χ2n) is 5.13. The zero-order chi connectivity index (χ0) is 16.2. The van der Waals surface area contributed by atoms with Gasteiger partial charge in [0.15, 0.2) is 11.5 Å². The Hall–Kier alpha value is -2.34. The van der Waals surface area contributed by atoms with E-state index in [1.165, 1.54) is 0 Å². The van der Waals surface area contributed by atoms with Gasteiger partial charge in [-0.15, -0.1) is 11.8 Å². The highest BCUT2D eigenvalue weighted by molar-refractivity contribution is 7.98. The lowest BCUT2D eigenvalue weighted by Gasteiger charge is -2.16. The maximum Gasteiger partial charge on any atom is 0.319 e. The van der Waals surface area contributed by atoms with Crippen LogP contribution in [0.25, 0.3) is 0 Å². The molecule has 5 nitrogen and oxygen atoms in total. The monoisotopic (exact) mass is 330 g/mol.